The smallest absolute Gasteiger partial charge is 0.314 e. The summed E-state index contributed by atoms with van der Waals surface area (Å²) in [5.41, 5.74) is 2.45. The minimum absolute atomic E-state index is 0.134. The molecule has 3 rings (SSSR count). The van der Waals surface area contributed by atoms with Crippen molar-refractivity contribution >= 4 is 0 Å². The Morgan fingerprint density at radius 1 is 1.24 bits per heavy atom. The molecule has 2 heterocycles. The zero-order valence-corrected chi connectivity index (χ0v) is 14.0. The number of benzene rings is 1. The van der Waals surface area contributed by atoms with E-state index in [2.05, 4.69) is 56.8 Å². The molecule has 6 nitrogen and oxygen atoms in total. The molecule has 0 aliphatic carbocycles. The molecule has 0 bridgehead atoms. The molecule has 1 aromatic carbocycles. The van der Waals surface area contributed by atoms with Gasteiger partial charge in [-0.3, -0.25) is 4.90 Å². The highest BCUT2D eigenvalue weighted by Gasteiger charge is 2.30. The van der Waals surface area contributed by atoms with E-state index in [1.54, 1.807) is 0 Å². The summed E-state index contributed by atoms with van der Waals surface area (Å²) in [7, 11) is 0. The van der Waals surface area contributed by atoms with Crippen molar-refractivity contribution in [1.82, 2.24) is 30.4 Å². The Kier molecular flexibility index (Phi) is 5.33. The number of tetrazole rings is 1. The lowest BCUT2D eigenvalue weighted by atomic mass is 10.0. The van der Waals surface area contributed by atoms with Gasteiger partial charge in [-0.25, -0.2) is 0 Å². The fraction of sp³-hybridized carbons (Fsp3) is 0.562. The first kappa shape index (κ1) is 17.8. The van der Waals surface area contributed by atoms with E-state index >= 15 is 0 Å². The highest BCUT2D eigenvalue weighted by molar-refractivity contribution is 5.25. The van der Waals surface area contributed by atoms with Gasteiger partial charge in [0, 0.05) is 25.7 Å². The van der Waals surface area contributed by atoms with Gasteiger partial charge in [-0.15, -0.1) is 10.2 Å². The normalized spacial score (nSPS) is 19.3. The van der Waals surface area contributed by atoms with Crippen molar-refractivity contribution in [1.29, 1.82) is 0 Å². The monoisotopic (exact) mass is 354 g/mol. The van der Waals surface area contributed by atoms with Gasteiger partial charge in [-0.1, -0.05) is 31.2 Å². The van der Waals surface area contributed by atoms with Crippen LogP contribution in [0.25, 0.3) is 0 Å². The fourth-order valence-electron chi connectivity index (χ4n) is 2.99. The third kappa shape index (κ3) is 4.76. The largest absolute Gasteiger partial charge is 0.409 e. The number of hydrogen-bond donors (Lipinski definition) is 1. The summed E-state index contributed by atoms with van der Waals surface area (Å²) in [5.74, 6) is 0.307. The fourth-order valence-corrected chi connectivity index (χ4v) is 2.99. The van der Waals surface area contributed by atoms with Gasteiger partial charge >= 0.3 is 6.18 Å². The van der Waals surface area contributed by atoms with E-state index in [-0.39, 0.29) is 6.04 Å². The van der Waals surface area contributed by atoms with E-state index in [1.165, 1.54) is 11.1 Å². The summed E-state index contributed by atoms with van der Waals surface area (Å²) < 4.78 is 37.2. The van der Waals surface area contributed by atoms with Gasteiger partial charge in [0.25, 0.3) is 0 Å². The maximum absolute atomic E-state index is 12.4. The lowest BCUT2D eigenvalue weighted by Crippen LogP contribution is -2.45. The molecule has 1 aliphatic rings. The van der Waals surface area contributed by atoms with Crippen LogP contribution in [0.5, 0.6) is 0 Å². The Morgan fingerprint density at radius 3 is 2.68 bits per heavy atom. The molecular formula is C16H21F3N6. The van der Waals surface area contributed by atoms with Crippen molar-refractivity contribution < 1.29 is 13.2 Å². The molecule has 1 fully saturated rings. The van der Waals surface area contributed by atoms with Crippen LogP contribution >= 0.6 is 0 Å². The quantitative estimate of drug-likeness (QED) is 0.889. The summed E-state index contributed by atoms with van der Waals surface area (Å²) in [6.07, 6.45) is -3.37. The van der Waals surface area contributed by atoms with Gasteiger partial charge in [0.1, 0.15) is 0 Å². The van der Waals surface area contributed by atoms with Crippen molar-refractivity contribution in [3.05, 3.63) is 41.2 Å². The van der Waals surface area contributed by atoms with E-state index in [0.29, 0.717) is 17.2 Å². The number of piperazine rings is 1. The summed E-state index contributed by atoms with van der Waals surface area (Å²) in [4.78, 5) is 2.77. The topological polar surface area (TPSA) is 58.9 Å². The Morgan fingerprint density at radius 2 is 2.00 bits per heavy atom. The Bertz CT molecular complexity index is 682. The second kappa shape index (κ2) is 7.49. The van der Waals surface area contributed by atoms with Crippen molar-refractivity contribution in [2.24, 2.45) is 0 Å². The molecule has 2 aromatic rings. The molecule has 1 aromatic heterocycles. The van der Waals surface area contributed by atoms with Gasteiger partial charge in [0.05, 0.1) is 6.54 Å². The number of nitrogens with one attached hydrogen (secondary N) is 1. The number of halogens is 3. The molecule has 0 saturated carbocycles. The van der Waals surface area contributed by atoms with Crippen LogP contribution in [0.1, 0.15) is 29.9 Å². The zero-order chi connectivity index (χ0) is 17.9. The minimum Gasteiger partial charge on any atom is -0.314 e. The highest BCUT2D eigenvalue weighted by atomic mass is 19.4. The second-order valence-electron chi connectivity index (χ2n) is 6.14. The zero-order valence-electron chi connectivity index (χ0n) is 14.0. The van der Waals surface area contributed by atoms with E-state index in [4.69, 9.17) is 0 Å². The number of nitrogens with zero attached hydrogens (tertiary/aromatic N) is 5. The summed E-state index contributed by atoms with van der Waals surface area (Å²) >= 11 is 0. The average Bonchev–Trinajstić information content (AvgIpc) is 3.00. The molecule has 25 heavy (non-hydrogen) atoms. The van der Waals surface area contributed by atoms with Crippen molar-refractivity contribution in [3.63, 3.8) is 0 Å². The standard InChI is InChI=1S/C16H21F3N6/c1-2-12-3-5-13(6-4-12)14-9-20-7-8-24(14)10-15-21-23-25(22-15)11-16(17,18)19/h3-6,14,20H,2,7-11H2,1H3. The van der Waals surface area contributed by atoms with Crippen molar-refractivity contribution in [2.75, 3.05) is 19.6 Å². The number of alkyl halides is 3. The third-order valence-corrected chi connectivity index (χ3v) is 4.29. The molecule has 1 aliphatic heterocycles. The van der Waals surface area contributed by atoms with E-state index in [9.17, 15) is 13.2 Å². The van der Waals surface area contributed by atoms with Gasteiger partial charge < -0.3 is 5.32 Å². The first-order valence-corrected chi connectivity index (χ1v) is 8.31. The predicted molar refractivity (Wildman–Crippen MR) is 85.7 cm³/mol. The number of rotatable bonds is 5. The molecule has 0 amide bonds. The lowest BCUT2D eigenvalue weighted by Gasteiger charge is -2.35. The molecule has 1 N–H and O–H groups in total. The first-order valence-electron chi connectivity index (χ1n) is 8.31. The van der Waals surface area contributed by atoms with Crippen LogP contribution < -0.4 is 5.32 Å². The van der Waals surface area contributed by atoms with Crippen molar-refractivity contribution in [3.8, 4) is 0 Å². The molecule has 136 valence electrons. The second-order valence-corrected chi connectivity index (χ2v) is 6.14. The van der Waals surface area contributed by atoms with E-state index < -0.39 is 12.7 Å². The van der Waals surface area contributed by atoms with Crippen LogP contribution in [0.3, 0.4) is 0 Å². The van der Waals surface area contributed by atoms with Gasteiger partial charge in [-0.2, -0.15) is 18.0 Å². The first-order chi connectivity index (χ1) is 11.9. The van der Waals surface area contributed by atoms with Crippen LogP contribution in [0.4, 0.5) is 13.2 Å². The highest BCUT2D eigenvalue weighted by Crippen LogP contribution is 2.24. The number of aromatic nitrogens is 4. The molecular weight excluding hydrogens is 333 g/mol. The maximum Gasteiger partial charge on any atom is 0.409 e. The van der Waals surface area contributed by atoms with E-state index in [0.717, 1.165) is 26.1 Å². The SMILES string of the molecule is CCc1ccc(C2CNCCN2Cc2nnn(CC(F)(F)F)n2)cc1. The lowest BCUT2D eigenvalue weighted by molar-refractivity contribution is -0.145. The minimum atomic E-state index is -4.35. The number of hydrogen-bond acceptors (Lipinski definition) is 5. The van der Waals surface area contributed by atoms with Gasteiger partial charge in [-0.05, 0) is 22.8 Å². The van der Waals surface area contributed by atoms with Crippen LogP contribution in [-0.2, 0) is 19.5 Å². The molecule has 1 saturated heterocycles. The Labute approximate surface area is 144 Å². The summed E-state index contributed by atoms with van der Waals surface area (Å²) in [6, 6.07) is 8.57. The molecule has 0 spiro atoms. The van der Waals surface area contributed by atoms with Crippen LogP contribution in [-0.4, -0.2) is 50.9 Å². The summed E-state index contributed by atoms with van der Waals surface area (Å²) in [6.45, 7) is 3.64. The Balaban J connectivity index is 1.70. The van der Waals surface area contributed by atoms with Crippen LogP contribution in [0.15, 0.2) is 24.3 Å². The Hall–Kier alpha value is -2.00. The maximum atomic E-state index is 12.4. The molecule has 9 heteroatoms. The van der Waals surface area contributed by atoms with Crippen LogP contribution in [0, 0.1) is 0 Å². The average molecular weight is 354 g/mol. The molecule has 1 unspecified atom stereocenters. The third-order valence-electron chi connectivity index (χ3n) is 4.29. The van der Waals surface area contributed by atoms with E-state index in [1.807, 2.05) is 0 Å². The summed E-state index contributed by atoms with van der Waals surface area (Å²) in [5, 5.41) is 14.5. The van der Waals surface area contributed by atoms with Crippen LogP contribution in [0.2, 0.25) is 0 Å². The molecule has 0 radical (unpaired) electrons. The number of aryl methyl sites for hydroxylation is 1. The van der Waals surface area contributed by atoms with Gasteiger partial charge in [0.2, 0.25) is 0 Å². The predicted octanol–water partition coefficient (Wildman–Crippen LogP) is 1.94. The molecule has 1 atom stereocenters. The van der Waals surface area contributed by atoms with Gasteiger partial charge in [0.15, 0.2) is 12.4 Å². The van der Waals surface area contributed by atoms with Crippen molar-refractivity contribution in [2.45, 2.75) is 38.7 Å².